The second kappa shape index (κ2) is 11.0. The van der Waals surface area contributed by atoms with Crippen molar-refractivity contribution in [1.82, 2.24) is 20.2 Å². The number of nitrogen functional groups attached to an aromatic ring is 1. The van der Waals surface area contributed by atoms with Gasteiger partial charge in [-0.25, -0.2) is 9.97 Å². The van der Waals surface area contributed by atoms with Crippen LogP contribution < -0.4 is 50.6 Å². The summed E-state index contributed by atoms with van der Waals surface area (Å²) >= 11 is 1.04. The molecule has 3 amide bonds. The Labute approximate surface area is 242 Å². The van der Waals surface area contributed by atoms with E-state index in [0.29, 0.717) is 36.4 Å². The Bertz CT molecular complexity index is 1410. The molecule has 3 aliphatic rings. The van der Waals surface area contributed by atoms with Crippen LogP contribution in [0.4, 0.5) is 10.9 Å². The number of carboxylic acids is 1. The van der Waals surface area contributed by atoms with Crippen molar-refractivity contribution < 1.29 is 59.0 Å². The van der Waals surface area contributed by atoms with Gasteiger partial charge >= 0.3 is 29.6 Å². The minimum absolute atomic E-state index is 0. The van der Waals surface area contributed by atoms with E-state index in [9.17, 15) is 29.5 Å². The molecule has 2 aromatic heterocycles. The van der Waals surface area contributed by atoms with Crippen LogP contribution in [0.3, 0.4) is 0 Å². The third kappa shape index (κ3) is 4.82. The standard InChI is InChI=1S/C23H21N7O6S.Na/c24-23-26-13(10-37-23)16(28-36)19(31)27-17-14-5-4-11(18(22(34)35)30(14)21(17)33)9-12-6-8-29(20(12)32)15-3-1-2-7-25-15;/h1-3,7,9-10,14,17,36H,4-6,8H2,(H2,24,26)(H,27,31)(H,34,35);/q;+1/p-1/b12-9+,28-16-;/t14-,17+;/m1./s1. The zero-order valence-electron chi connectivity index (χ0n) is 20.2. The van der Waals surface area contributed by atoms with E-state index in [1.165, 1.54) is 16.4 Å². The van der Waals surface area contributed by atoms with E-state index in [-0.39, 0.29) is 58.4 Å². The Balaban J connectivity index is 0.00000336. The Kier molecular flexibility index (Phi) is 7.97. The molecule has 15 heteroatoms. The number of carbonyl (C=O) groups excluding carboxylic acids is 4. The van der Waals surface area contributed by atoms with Crippen LogP contribution in [0.25, 0.3) is 0 Å². The van der Waals surface area contributed by atoms with Crippen molar-refractivity contribution in [3.05, 3.63) is 58.4 Å². The van der Waals surface area contributed by atoms with Crippen LogP contribution in [0.5, 0.6) is 0 Å². The van der Waals surface area contributed by atoms with E-state index in [0.717, 1.165) is 16.2 Å². The zero-order chi connectivity index (χ0) is 26.3. The predicted molar refractivity (Wildman–Crippen MR) is 128 cm³/mol. The molecule has 4 N–H and O–H groups in total. The maximum absolute atomic E-state index is 12.9. The average Bonchev–Trinajstić information content (AvgIpc) is 3.48. The van der Waals surface area contributed by atoms with Gasteiger partial charge in [0.2, 0.25) is 0 Å². The summed E-state index contributed by atoms with van der Waals surface area (Å²) in [5, 5.41) is 28.4. The third-order valence-electron chi connectivity index (χ3n) is 6.43. The van der Waals surface area contributed by atoms with Crippen LogP contribution >= 0.6 is 11.3 Å². The van der Waals surface area contributed by atoms with E-state index in [2.05, 4.69) is 20.4 Å². The van der Waals surface area contributed by atoms with Crippen LogP contribution in [0.2, 0.25) is 0 Å². The summed E-state index contributed by atoms with van der Waals surface area (Å²) in [6.07, 6.45) is 4.05. The second-order valence-corrected chi connectivity index (χ2v) is 9.40. The number of hydrogen-bond donors (Lipinski definition) is 3. The largest absolute Gasteiger partial charge is 1.00 e. The predicted octanol–water partition coefficient (Wildman–Crippen LogP) is -3.84. The zero-order valence-corrected chi connectivity index (χ0v) is 23.0. The fraction of sp³-hybridized carbons (Fsp3) is 0.261. The molecule has 5 heterocycles. The number of pyridine rings is 1. The summed E-state index contributed by atoms with van der Waals surface area (Å²) in [6, 6.07) is 3.54. The van der Waals surface area contributed by atoms with Crippen LogP contribution in [0.1, 0.15) is 25.0 Å². The first-order chi connectivity index (χ1) is 17.8. The first-order valence-electron chi connectivity index (χ1n) is 11.3. The van der Waals surface area contributed by atoms with Gasteiger partial charge in [-0.2, -0.15) is 0 Å². The molecule has 0 saturated carbocycles. The van der Waals surface area contributed by atoms with Crippen LogP contribution in [0.15, 0.2) is 57.9 Å². The van der Waals surface area contributed by atoms with Crippen molar-refractivity contribution in [2.75, 3.05) is 17.2 Å². The van der Waals surface area contributed by atoms with Gasteiger partial charge in [-0.15, -0.1) is 11.3 Å². The first-order valence-corrected chi connectivity index (χ1v) is 12.1. The number of anilines is 2. The van der Waals surface area contributed by atoms with Gasteiger partial charge in [-0.05, 0) is 43.0 Å². The number of carbonyl (C=O) groups is 4. The van der Waals surface area contributed by atoms with Crippen LogP contribution in [-0.2, 0) is 19.2 Å². The molecule has 0 radical (unpaired) electrons. The average molecular weight is 546 g/mol. The number of aromatic nitrogens is 2. The number of hydrogen-bond acceptors (Lipinski definition) is 11. The summed E-state index contributed by atoms with van der Waals surface area (Å²) < 4.78 is 0. The number of nitrogens with one attached hydrogen (secondary N) is 1. The van der Waals surface area contributed by atoms with E-state index < -0.39 is 35.6 Å². The molecule has 38 heavy (non-hydrogen) atoms. The number of fused-ring (bicyclic) bond motifs is 1. The van der Waals surface area contributed by atoms with Gasteiger partial charge in [0.25, 0.3) is 17.7 Å². The molecule has 0 unspecified atom stereocenters. The molecule has 0 spiro atoms. The van der Waals surface area contributed by atoms with Crippen molar-refractivity contribution in [2.24, 2.45) is 5.16 Å². The fourth-order valence-corrected chi connectivity index (χ4v) is 5.28. The monoisotopic (exact) mass is 545 g/mol. The number of oxime groups is 1. The van der Waals surface area contributed by atoms with Crippen molar-refractivity contribution in [3.8, 4) is 0 Å². The third-order valence-corrected chi connectivity index (χ3v) is 7.11. The Morgan fingerprint density at radius 1 is 1.29 bits per heavy atom. The van der Waals surface area contributed by atoms with Gasteiger partial charge in [0, 0.05) is 23.7 Å². The van der Waals surface area contributed by atoms with Gasteiger partial charge < -0.3 is 31.1 Å². The number of rotatable bonds is 6. The van der Waals surface area contributed by atoms with E-state index in [1.54, 1.807) is 24.4 Å². The molecule has 2 saturated heterocycles. The SMILES string of the molecule is Nc1nc(/C(=N/O)C(=O)N[C@@H]2C(=O)N3C(C(=O)[O-])=C(/C=C4\CCN(c5ccccn5)C4=O)CC[C@H]23)cs1.[Na+]. The maximum atomic E-state index is 12.9. The summed E-state index contributed by atoms with van der Waals surface area (Å²) in [5.74, 6) is -2.86. The van der Waals surface area contributed by atoms with Crippen molar-refractivity contribution in [2.45, 2.75) is 31.3 Å². The smallest absolute Gasteiger partial charge is 0.543 e. The number of amides is 3. The normalized spacial score (nSPS) is 22.2. The number of thiazole rings is 1. The van der Waals surface area contributed by atoms with Crippen molar-refractivity contribution >= 4 is 51.7 Å². The number of carboxylic acid groups (broad SMARTS) is 1. The van der Waals surface area contributed by atoms with Gasteiger partial charge in [0.05, 0.1) is 17.7 Å². The minimum Gasteiger partial charge on any atom is -0.543 e. The molecular weight excluding hydrogens is 525 g/mol. The number of allylic oxidation sites excluding steroid dienone is 2. The molecule has 5 rings (SSSR count). The first kappa shape index (κ1) is 27.4. The van der Waals surface area contributed by atoms with Gasteiger partial charge in [0.15, 0.2) is 10.8 Å². The number of β-lactam (4-membered cyclic amide) rings is 1. The van der Waals surface area contributed by atoms with Gasteiger partial charge in [-0.3, -0.25) is 19.3 Å². The Morgan fingerprint density at radius 2 is 2.08 bits per heavy atom. The Morgan fingerprint density at radius 3 is 2.71 bits per heavy atom. The summed E-state index contributed by atoms with van der Waals surface area (Å²) in [6.45, 7) is 0.397. The van der Waals surface area contributed by atoms with Crippen LogP contribution in [0, 0.1) is 0 Å². The number of aliphatic carboxylic acids is 1. The number of nitrogens with two attached hydrogens (primary N) is 1. The molecule has 2 atom stereocenters. The molecule has 2 fully saturated rings. The minimum atomic E-state index is -1.56. The molecule has 13 nitrogen and oxygen atoms in total. The Hall–Kier alpha value is -3.59. The molecule has 0 aliphatic carbocycles. The summed E-state index contributed by atoms with van der Waals surface area (Å²) in [4.78, 5) is 61.2. The molecule has 0 bridgehead atoms. The fourth-order valence-electron chi connectivity index (χ4n) is 4.73. The molecule has 3 aliphatic heterocycles. The number of nitrogens with zero attached hydrogens (tertiary/aromatic N) is 5. The van der Waals surface area contributed by atoms with Gasteiger partial charge in [-0.1, -0.05) is 11.2 Å². The quantitative estimate of drug-likeness (QED) is 0.0814. The van der Waals surface area contributed by atoms with E-state index in [1.807, 2.05) is 0 Å². The molecule has 2 aromatic rings. The van der Waals surface area contributed by atoms with Crippen molar-refractivity contribution in [3.63, 3.8) is 0 Å². The van der Waals surface area contributed by atoms with E-state index >= 15 is 0 Å². The van der Waals surface area contributed by atoms with E-state index in [4.69, 9.17) is 5.73 Å². The maximum Gasteiger partial charge on any atom is 1.00 e. The van der Waals surface area contributed by atoms with Gasteiger partial charge in [0.1, 0.15) is 17.6 Å². The summed E-state index contributed by atoms with van der Waals surface area (Å²) in [5.41, 5.74) is 5.56. The second-order valence-electron chi connectivity index (χ2n) is 8.51. The van der Waals surface area contributed by atoms with Crippen LogP contribution in [-0.4, -0.2) is 68.1 Å². The van der Waals surface area contributed by atoms with Crippen molar-refractivity contribution in [1.29, 1.82) is 0 Å². The molecular formula is C23H20N7NaO6S. The molecule has 0 aromatic carbocycles. The molecule has 190 valence electrons. The topological polar surface area (TPSA) is 194 Å². The summed E-state index contributed by atoms with van der Waals surface area (Å²) in [7, 11) is 0.